The Morgan fingerprint density at radius 3 is 1.95 bits per heavy atom. The third kappa shape index (κ3) is 3.57. The van der Waals surface area contributed by atoms with E-state index in [9.17, 15) is 25.5 Å². The zero-order chi connectivity index (χ0) is 16.4. The molecule has 22 heavy (non-hydrogen) atoms. The maximum Gasteiger partial charge on any atom is 0.189 e. The van der Waals surface area contributed by atoms with E-state index in [0.29, 0.717) is 0 Å². The van der Waals surface area contributed by atoms with Crippen LogP contribution in [0.25, 0.3) is 0 Å². The van der Waals surface area contributed by atoms with E-state index in [2.05, 4.69) is 0 Å². The van der Waals surface area contributed by atoms with Crippen LogP contribution < -0.4 is 0 Å². The molecule has 0 radical (unpaired) electrons. The molecule has 0 aromatic heterocycles. The number of ether oxygens (including phenoxy) is 3. The maximum atomic E-state index is 9.83. The molecule has 2 aliphatic rings. The van der Waals surface area contributed by atoms with Crippen molar-refractivity contribution in [2.75, 3.05) is 13.2 Å². The molecule has 0 unspecified atom stereocenters. The average molecular weight is 326 g/mol. The van der Waals surface area contributed by atoms with Crippen LogP contribution in [-0.4, -0.2) is 104 Å². The van der Waals surface area contributed by atoms with Gasteiger partial charge in [-0.05, 0) is 0 Å². The standard InChI is InChI=1S/C12H22O10/c13-2-5-8(16)4(15)1-7(20-5)22-12-11(19)10(18)9(17)6(3-14)21-12/h4-19H,1-3H2/t4-,5-,6-,7+,8+,9+,10+,11-,12+/m1/s1. The molecule has 2 aliphatic heterocycles. The van der Waals surface area contributed by atoms with Gasteiger partial charge in [0.15, 0.2) is 12.6 Å². The minimum Gasteiger partial charge on any atom is -0.394 e. The van der Waals surface area contributed by atoms with E-state index in [-0.39, 0.29) is 6.42 Å². The Labute approximate surface area is 126 Å². The van der Waals surface area contributed by atoms with Crippen LogP contribution in [0.2, 0.25) is 0 Å². The first kappa shape index (κ1) is 17.9. The molecule has 2 rings (SSSR count). The van der Waals surface area contributed by atoms with Gasteiger partial charge in [-0.3, -0.25) is 0 Å². The predicted molar refractivity (Wildman–Crippen MR) is 67.2 cm³/mol. The lowest BCUT2D eigenvalue weighted by Gasteiger charge is -2.43. The van der Waals surface area contributed by atoms with Gasteiger partial charge >= 0.3 is 0 Å². The van der Waals surface area contributed by atoms with Crippen LogP contribution in [0.3, 0.4) is 0 Å². The highest BCUT2D eigenvalue weighted by atomic mass is 16.8. The molecule has 0 aromatic carbocycles. The fourth-order valence-electron chi connectivity index (χ4n) is 2.48. The lowest BCUT2D eigenvalue weighted by Crippen LogP contribution is -2.60. The molecule has 130 valence electrons. The normalized spacial score (nSPS) is 50.0. The van der Waals surface area contributed by atoms with Crippen molar-refractivity contribution in [2.24, 2.45) is 0 Å². The second-order valence-electron chi connectivity index (χ2n) is 5.41. The van der Waals surface area contributed by atoms with Crippen LogP contribution in [0.15, 0.2) is 0 Å². The summed E-state index contributed by atoms with van der Waals surface area (Å²) in [5.74, 6) is 0. The van der Waals surface area contributed by atoms with Crippen LogP contribution in [0.5, 0.6) is 0 Å². The van der Waals surface area contributed by atoms with Gasteiger partial charge in [0.1, 0.15) is 36.6 Å². The molecular weight excluding hydrogens is 304 g/mol. The second-order valence-corrected chi connectivity index (χ2v) is 5.41. The summed E-state index contributed by atoms with van der Waals surface area (Å²) in [6.45, 7) is -1.15. The quantitative estimate of drug-likeness (QED) is 0.268. The average Bonchev–Trinajstić information content (AvgIpc) is 2.51. The van der Waals surface area contributed by atoms with Crippen molar-refractivity contribution >= 4 is 0 Å². The SMILES string of the molecule is OC[C@H]1O[C@@H](O[C@H]2C[C@@H](O)[C@H](O)[C@@H](CO)O2)[C@H](O)[C@@H](O)[C@H]1O. The van der Waals surface area contributed by atoms with Crippen LogP contribution in [0.1, 0.15) is 6.42 Å². The Balaban J connectivity index is 2.00. The van der Waals surface area contributed by atoms with Gasteiger partial charge in [-0.25, -0.2) is 0 Å². The Kier molecular flexibility index (Phi) is 6.07. The van der Waals surface area contributed by atoms with Crippen molar-refractivity contribution in [1.29, 1.82) is 0 Å². The summed E-state index contributed by atoms with van der Waals surface area (Å²) in [5, 5.41) is 66.6. The molecule has 2 heterocycles. The molecule has 10 nitrogen and oxygen atoms in total. The van der Waals surface area contributed by atoms with Crippen molar-refractivity contribution in [1.82, 2.24) is 0 Å². The summed E-state index contributed by atoms with van der Waals surface area (Å²) in [5.41, 5.74) is 0. The van der Waals surface area contributed by atoms with Gasteiger partial charge in [0.05, 0.1) is 19.3 Å². The number of hydrogen-bond donors (Lipinski definition) is 7. The van der Waals surface area contributed by atoms with Gasteiger partial charge < -0.3 is 50.0 Å². The third-order valence-electron chi connectivity index (χ3n) is 3.85. The van der Waals surface area contributed by atoms with Crippen molar-refractivity contribution in [3.8, 4) is 0 Å². The van der Waals surface area contributed by atoms with E-state index in [1.165, 1.54) is 0 Å². The van der Waals surface area contributed by atoms with Crippen molar-refractivity contribution in [2.45, 2.75) is 61.7 Å². The third-order valence-corrected chi connectivity index (χ3v) is 3.85. The first-order chi connectivity index (χ1) is 10.4. The number of aliphatic hydroxyl groups is 7. The zero-order valence-electron chi connectivity index (χ0n) is 11.7. The lowest BCUT2D eigenvalue weighted by molar-refractivity contribution is -0.358. The molecule has 10 heteroatoms. The minimum atomic E-state index is -1.60. The van der Waals surface area contributed by atoms with Crippen molar-refractivity contribution in [3.05, 3.63) is 0 Å². The molecular formula is C12H22O10. The van der Waals surface area contributed by atoms with Crippen LogP contribution >= 0.6 is 0 Å². The second kappa shape index (κ2) is 7.45. The summed E-state index contributed by atoms with van der Waals surface area (Å²) in [6, 6.07) is 0. The van der Waals surface area contributed by atoms with E-state index in [0.717, 1.165) is 0 Å². The topological polar surface area (TPSA) is 169 Å². The molecule has 2 fully saturated rings. The highest BCUT2D eigenvalue weighted by Gasteiger charge is 2.46. The van der Waals surface area contributed by atoms with E-state index in [1.54, 1.807) is 0 Å². The zero-order valence-corrected chi connectivity index (χ0v) is 11.7. The van der Waals surface area contributed by atoms with E-state index in [4.69, 9.17) is 24.4 Å². The monoisotopic (exact) mass is 326 g/mol. The van der Waals surface area contributed by atoms with Crippen molar-refractivity contribution in [3.63, 3.8) is 0 Å². The largest absolute Gasteiger partial charge is 0.394 e. The molecule has 2 saturated heterocycles. The minimum absolute atomic E-state index is 0.146. The predicted octanol–water partition coefficient (Wildman–Crippen LogP) is -4.37. The molecule has 0 spiro atoms. The molecule has 0 saturated carbocycles. The van der Waals surface area contributed by atoms with Gasteiger partial charge in [-0.15, -0.1) is 0 Å². The van der Waals surface area contributed by atoms with E-state index >= 15 is 0 Å². The Hall–Kier alpha value is -0.400. The Bertz CT molecular complexity index is 353. The van der Waals surface area contributed by atoms with Gasteiger partial charge in [0.25, 0.3) is 0 Å². The summed E-state index contributed by atoms with van der Waals surface area (Å²) < 4.78 is 15.7. The highest BCUT2D eigenvalue weighted by molar-refractivity contribution is 4.90. The lowest BCUT2D eigenvalue weighted by atomic mass is 9.99. The Morgan fingerprint density at radius 1 is 0.773 bits per heavy atom. The molecule has 0 aliphatic carbocycles. The fourth-order valence-corrected chi connectivity index (χ4v) is 2.48. The van der Waals surface area contributed by atoms with Gasteiger partial charge in [-0.2, -0.15) is 0 Å². The smallest absolute Gasteiger partial charge is 0.189 e. The fraction of sp³-hybridized carbons (Fsp3) is 1.00. The highest BCUT2D eigenvalue weighted by Crippen LogP contribution is 2.27. The maximum absolute atomic E-state index is 9.83. The summed E-state index contributed by atoms with van der Waals surface area (Å²) in [4.78, 5) is 0. The van der Waals surface area contributed by atoms with E-state index in [1.807, 2.05) is 0 Å². The summed E-state index contributed by atoms with van der Waals surface area (Å²) >= 11 is 0. The number of rotatable bonds is 4. The summed E-state index contributed by atoms with van der Waals surface area (Å²) in [7, 11) is 0. The molecule has 7 N–H and O–H groups in total. The van der Waals surface area contributed by atoms with Gasteiger partial charge in [0, 0.05) is 6.42 Å². The molecule has 0 aromatic rings. The van der Waals surface area contributed by atoms with Gasteiger partial charge in [0.2, 0.25) is 0 Å². The number of hydrogen-bond acceptors (Lipinski definition) is 10. The number of aliphatic hydroxyl groups excluding tert-OH is 7. The van der Waals surface area contributed by atoms with Crippen LogP contribution in [0, 0.1) is 0 Å². The van der Waals surface area contributed by atoms with Crippen molar-refractivity contribution < 1.29 is 50.0 Å². The molecule has 0 bridgehead atoms. The van der Waals surface area contributed by atoms with Gasteiger partial charge in [-0.1, -0.05) is 0 Å². The first-order valence-corrected chi connectivity index (χ1v) is 6.97. The Morgan fingerprint density at radius 2 is 1.36 bits per heavy atom. The summed E-state index contributed by atoms with van der Waals surface area (Å²) in [6.07, 6.45) is -12.1. The van der Waals surface area contributed by atoms with Crippen LogP contribution in [-0.2, 0) is 14.2 Å². The molecule has 9 atom stereocenters. The first-order valence-electron chi connectivity index (χ1n) is 6.97. The molecule has 0 amide bonds. The van der Waals surface area contributed by atoms with E-state index < -0.39 is 68.5 Å². The van der Waals surface area contributed by atoms with Crippen LogP contribution in [0.4, 0.5) is 0 Å².